The van der Waals surface area contributed by atoms with Gasteiger partial charge in [0.25, 0.3) is 0 Å². The minimum atomic E-state index is -1.01. The van der Waals surface area contributed by atoms with Crippen LogP contribution < -0.4 is 0 Å². The first-order chi connectivity index (χ1) is 7.16. The molecule has 0 spiro atoms. The Balaban J connectivity index is 3.06. The van der Waals surface area contributed by atoms with Crippen molar-refractivity contribution in [3.8, 4) is 0 Å². The van der Waals surface area contributed by atoms with Crippen LogP contribution in [0.4, 0.5) is 0 Å². The number of aromatic carboxylic acids is 1. The first-order valence-corrected chi connectivity index (χ1v) is 5.47. The summed E-state index contributed by atoms with van der Waals surface area (Å²) in [5.41, 5.74) is 0.770. The van der Waals surface area contributed by atoms with Crippen LogP contribution in [0.2, 0.25) is 5.02 Å². The maximum atomic E-state index is 10.9. The summed E-state index contributed by atoms with van der Waals surface area (Å²) in [7, 11) is 0. The smallest absolute Gasteiger partial charge is 0.337 e. The number of allylic oxidation sites excluding steroid dienone is 1. The summed E-state index contributed by atoms with van der Waals surface area (Å²) >= 11 is 9.87. The molecule has 4 heteroatoms. The van der Waals surface area contributed by atoms with Crippen LogP contribution in [0.1, 0.15) is 22.3 Å². The molecular weight excluding hydrogens is 232 g/mol. The highest BCUT2D eigenvalue weighted by Crippen LogP contribution is 2.21. The fourth-order valence-corrected chi connectivity index (χ4v) is 1.60. The van der Waals surface area contributed by atoms with E-state index in [1.807, 2.05) is 6.08 Å². The highest BCUT2D eigenvalue weighted by Gasteiger charge is 2.11. The summed E-state index contributed by atoms with van der Waals surface area (Å²) in [5, 5.41) is 9.23. The molecule has 0 aliphatic heterocycles. The van der Waals surface area contributed by atoms with Crippen molar-refractivity contribution in [3.63, 3.8) is 0 Å². The molecular formula is C11H11ClO2S. The molecule has 0 saturated carbocycles. The van der Waals surface area contributed by atoms with Gasteiger partial charge in [-0.05, 0) is 23.8 Å². The van der Waals surface area contributed by atoms with Gasteiger partial charge in [0.2, 0.25) is 0 Å². The van der Waals surface area contributed by atoms with Crippen molar-refractivity contribution in [2.24, 2.45) is 0 Å². The van der Waals surface area contributed by atoms with Gasteiger partial charge in [0, 0.05) is 0 Å². The molecule has 15 heavy (non-hydrogen) atoms. The molecule has 1 rings (SSSR count). The Labute approximate surface area is 99.0 Å². The molecule has 0 aliphatic rings. The summed E-state index contributed by atoms with van der Waals surface area (Å²) in [6.45, 7) is 0. The molecule has 0 heterocycles. The van der Waals surface area contributed by atoms with Crippen LogP contribution in [0, 0.1) is 0 Å². The average molecular weight is 243 g/mol. The molecule has 1 aromatic rings. The first kappa shape index (κ1) is 12.1. The maximum absolute atomic E-state index is 10.9. The molecule has 0 aromatic heterocycles. The second kappa shape index (κ2) is 5.83. The van der Waals surface area contributed by atoms with E-state index in [0.717, 1.165) is 12.2 Å². The van der Waals surface area contributed by atoms with E-state index in [9.17, 15) is 4.79 Å². The molecule has 1 N–H and O–H groups in total. The fraction of sp³-hybridized carbons (Fsp3) is 0.182. The lowest BCUT2D eigenvalue weighted by atomic mass is 10.1. The normalized spacial score (nSPS) is 10.8. The highest BCUT2D eigenvalue weighted by atomic mass is 35.5. The van der Waals surface area contributed by atoms with Crippen molar-refractivity contribution in [3.05, 3.63) is 40.4 Å². The summed E-state index contributed by atoms with van der Waals surface area (Å²) < 4.78 is 0. The van der Waals surface area contributed by atoms with Gasteiger partial charge >= 0.3 is 5.97 Å². The third-order valence-corrected chi connectivity index (χ3v) is 2.43. The Bertz CT molecular complexity index is 388. The standard InChI is InChI=1S/C11H11ClO2S/c12-9-6-3-5-8(4-1-2-7-15)10(9)11(13)14/h1,3-6,15H,2,7H2,(H,13,14). The molecule has 0 bridgehead atoms. The molecule has 2 nitrogen and oxygen atoms in total. The van der Waals surface area contributed by atoms with Gasteiger partial charge < -0.3 is 5.11 Å². The Hall–Kier alpha value is -0.930. The van der Waals surface area contributed by atoms with Crippen LogP contribution in [0.25, 0.3) is 6.08 Å². The SMILES string of the molecule is O=C(O)c1c(Cl)cccc1C=CCCS. The van der Waals surface area contributed by atoms with E-state index in [0.29, 0.717) is 5.56 Å². The average Bonchev–Trinajstić information content (AvgIpc) is 2.17. The zero-order valence-corrected chi connectivity index (χ0v) is 9.63. The van der Waals surface area contributed by atoms with Crippen LogP contribution in [0.5, 0.6) is 0 Å². The van der Waals surface area contributed by atoms with Crippen molar-refractivity contribution in [1.82, 2.24) is 0 Å². The molecule has 0 saturated heterocycles. The third-order valence-electron chi connectivity index (χ3n) is 1.85. The summed E-state index contributed by atoms with van der Waals surface area (Å²) in [4.78, 5) is 10.9. The van der Waals surface area contributed by atoms with Gasteiger partial charge in [0.15, 0.2) is 0 Å². The summed E-state index contributed by atoms with van der Waals surface area (Å²) in [6, 6.07) is 5.03. The molecule has 0 unspecified atom stereocenters. The van der Waals surface area contributed by atoms with E-state index in [2.05, 4.69) is 12.6 Å². The minimum Gasteiger partial charge on any atom is -0.478 e. The van der Waals surface area contributed by atoms with Crippen molar-refractivity contribution >= 4 is 36.3 Å². The second-order valence-electron chi connectivity index (χ2n) is 2.92. The van der Waals surface area contributed by atoms with E-state index in [1.54, 1.807) is 24.3 Å². The monoisotopic (exact) mass is 242 g/mol. The molecule has 80 valence electrons. The van der Waals surface area contributed by atoms with E-state index < -0.39 is 5.97 Å². The number of benzene rings is 1. The number of rotatable bonds is 4. The number of hydrogen-bond acceptors (Lipinski definition) is 2. The van der Waals surface area contributed by atoms with Gasteiger partial charge in [-0.25, -0.2) is 4.79 Å². The molecule has 0 amide bonds. The fourth-order valence-electron chi connectivity index (χ4n) is 1.19. The van der Waals surface area contributed by atoms with Crippen LogP contribution >= 0.6 is 24.2 Å². The van der Waals surface area contributed by atoms with Gasteiger partial charge in [-0.15, -0.1) is 0 Å². The zero-order chi connectivity index (χ0) is 11.3. The lowest BCUT2D eigenvalue weighted by Crippen LogP contribution is -2.00. The molecule has 1 aromatic carbocycles. The van der Waals surface area contributed by atoms with Gasteiger partial charge in [-0.3, -0.25) is 0 Å². The predicted molar refractivity (Wildman–Crippen MR) is 65.9 cm³/mol. The molecule has 0 fully saturated rings. The van der Waals surface area contributed by atoms with E-state index >= 15 is 0 Å². The molecule has 0 radical (unpaired) electrons. The van der Waals surface area contributed by atoms with Crippen molar-refractivity contribution in [1.29, 1.82) is 0 Å². The van der Waals surface area contributed by atoms with E-state index in [4.69, 9.17) is 16.7 Å². The number of halogens is 1. The van der Waals surface area contributed by atoms with Gasteiger partial charge in [0.1, 0.15) is 0 Å². The maximum Gasteiger partial charge on any atom is 0.337 e. The Morgan fingerprint density at radius 2 is 2.27 bits per heavy atom. The quantitative estimate of drug-likeness (QED) is 0.795. The Morgan fingerprint density at radius 1 is 1.53 bits per heavy atom. The summed E-state index contributed by atoms with van der Waals surface area (Å²) in [6.07, 6.45) is 4.44. The van der Waals surface area contributed by atoms with Crippen LogP contribution in [-0.4, -0.2) is 16.8 Å². The van der Waals surface area contributed by atoms with Crippen molar-refractivity contribution in [2.45, 2.75) is 6.42 Å². The van der Waals surface area contributed by atoms with Gasteiger partial charge in [0.05, 0.1) is 10.6 Å². The third kappa shape index (κ3) is 3.29. The van der Waals surface area contributed by atoms with E-state index in [1.165, 1.54) is 0 Å². The van der Waals surface area contributed by atoms with E-state index in [-0.39, 0.29) is 10.6 Å². The second-order valence-corrected chi connectivity index (χ2v) is 3.78. The Kier molecular flexibility index (Phi) is 4.72. The van der Waals surface area contributed by atoms with Gasteiger partial charge in [-0.2, -0.15) is 12.6 Å². The number of carbonyl (C=O) groups is 1. The first-order valence-electron chi connectivity index (χ1n) is 4.46. The number of thiol groups is 1. The lowest BCUT2D eigenvalue weighted by molar-refractivity contribution is 0.0697. The van der Waals surface area contributed by atoms with Gasteiger partial charge in [-0.1, -0.05) is 35.9 Å². The lowest BCUT2D eigenvalue weighted by Gasteiger charge is -2.02. The van der Waals surface area contributed by atoms with Crippen LogP contribution in [-0.2, 0) is 0 Å². The van der Waals surface area contributed by atoms with Crippen LogP contribution in [0.15, 0.2) is 24.3 Å². The molecule has 0 aliphatic carbocycles. The van der Waals surface area contributed by atoms with Crippen molar-refractivity contribution < 1.29 is 9.90 Å². The highest BCUT2D eigenvalue weighted by molar-refractivity contribution is 7.80. The predicted octanol–water partition coefficient (Wildman–Crippen LogP) is 3.37. The number of carboxylic acids is 1. The van der Waals surface area contributed by atoms with Crippen LogP contribution in [0.3, 0.4) is 0 Å². The number of carboxylic acid groups (broad SMARTS) is 1. The minimum absolute atomic E-state index is 0.148. The Morgan fingerprint density at radius 3 is 2.87 bits per heavy atom. The topological polar surface area (TPSA) is 37.3 Å². The largest absolute Gasteiger partial charge is 0.478 e. The molecule has 0 atom stereocenters. The van der Waals surface area contributed by atoms with Crippen molar-refractivity contribution in [2.75, 3.05) is 5.75 Å². The zero-order valence-electron chi connectivity index (χ0n) is 7.98. The number of hydrogen-bond donors (Lipinski definition) is 2. The summed E-state index contributed by atoms with van der Waals surface area (Å²) in [5.74, 6) is -0.273.